The zero-order chi connectivity index (χ0) is 16.2. The SMILES string of the molecule is C[C@H]1[C@@H](CCCO)O[C@@H]2O[C@@]3(C)CC[C@H]4[C@H](C)CC[C@@H]1[C@@]24OO3. The molecule has 5 heteroatoms. The molecule has 132 valence electrons. The number of hydrogen-bond donors (Lipinski definition) is 1. The Morgan fingerprint density at radius 1 is 1.09 bits per heavy atom. The summed E-state index contributed by atoms with van der Waals surface area (Å²) in [7, 11) is 0. The van der Waals surface area contributed by atoms with E-state index in [-0.39, 0.29) is 19.0 Å². The molecule has 5 aliphatic rings. The molecule has 4 heterocycles. The van der Waals surface area contributed by atoms with Crippen molar-refractivity contribution < 1.29 is 24.4 Å². The van der Waals surface area contributed by atoms with E-state index in [1.165, 1.54) is 6.42 Å². The molecule has 23 heavy (non-hydrogen) atoms. The topological polar surface area (TPSA) is 57.2 Å². The second-order valence-electron chi connectivity index (χ2n) is 8.31. The molecule has 4 aliphatic heterocycles. The third-order valence-electron chi connectivity index (χ3n) is 6.94. The zero-order valence-electron chi connectivity index (χ0n) is 14.5. The molecular formula is C18H30O5. The summed E-state index contributed by atoms with van der Waals surface area (Å²) >= 11 is 0. The van der Waals surface area contributed by atoms with Crippen LogP contribution in [-0.2, 0) is 19.2 Å². The van der Waals surface area contributed by atoms with Gasteiger partial charge in [-0.05, 0) is 56.8 Å². The van der Waals surface area contributed by atoms with Crippen molar-refractivity contribution >= 4 is 0 Å². The van der Waals surface area contributed by atoms with Crippen LogP contribution < -0.4 is 0 Å². The molecule has 2 bridgehead atoms. The summed E-state index contributed by atoms with van der Waals surface area (Å²) < 4.78 is 12.7. The smallest absolute Gasteiger partial charge is 0.201 e. The average Bonchev–Trinajstić information content (AvgIpc) is 2.76. The van der Waals surface area contributed by atoms with Crippen LogP contribution >= 0.6 is 0 Å². The van der Waals surface area contributed by atoms with Crippen LogP contribution in [-0.4, -0.2) is 35.5 Å². The molecule has 0 radical (unpaired) electrons. The fraction of sp³-hybridized carbons (Fsp3) is 1.00. The van der Waals surface area contributed by atoms with Crippen LogP contribution in [0.2, 0.25) is 0 Å². The van der Waals surface area contributed by atoms with Gasteiger partial charge < -0.3 is 14.6 Å². The monoisotopic (exact) mass is 326 g/mol. The van der Waals surface area contributed by atoms with Gasteiger partial charge in [0.2, 0.25) is 5.79 Å². The van der Waals surface area contributed by atoms with Crippen LogP contribution in [0.1, 0.15) is 59.3 Å². The van der Waals surface area contributed by atoms with Gasteiger partial charge in [0.1, 0.15) is 0 Å². The summed E-state index contributed by atoms with van der Waals surface area (Å²) in [6.45, 7) is 6.78. The predicted octanol–water partition coefficient (Wildman–Crippen LogP) is 3.01. The number of rotatable bonds is 3. The first-order chi connectivity index (χ1) is 11.0. The fourth-order valence-electron chi connectivity index (χ4n) is 5.60. The van der Waals surface area contributed by atoms with Gasteiger partial charge in [-0.2, -0.15) is 0 Å². The summed E-state index contributed by atoms with van der Waals surface area (Å²) in [6.07, 6.45) is 5.73. The Bertz CT molecular complexity index is 457. The molecule has 0 aromatic heterocycles. The summed E-state index contributed by atoms with van der Waals surface area (Å²) in [5.41, 5.74) is -0.456. The average molecular weight is 326 g/mol. The van der Waals surface area contributed by atoms with Crippen molar-refractivity contribution in [3.63, 3.8) is 0 Å². The maximum atomic E-state index is 9.19. The Morgan fingerprint density at radius 2 is 1.91 bits per heavy atom. The number of aliphatic hydroxyl groups is 1. The van der Waals surface area contributed by atoms with Crippen LogP contribution in [0.15, 0.2) is 0 Å². The molecule has 1 saturated carbocycles. The zero-order valence-corrected chi connectivity index (χ0v) is 14.5. The Hall–Kier alpha value is -0.200. The second kappa shape index (κ2) is 5.67. The van der Waals surface area contributed by atoms with Gasteiger partial charge in [-0.3, -0.25) is 0 Å². The molecule has 0 aromatic carbocycles. The molecule has 0 amide bonds. The Balaban J connectivity index is 1.70. The minimum atomic E-state index is -0.695. The van der Waals surface area contributed by atoms with Crippen molar-refractivity contribution in [2.24, 2.45) is 23.7 Å². The van der Waals surface area contributed by atoms with E-state index < -0.39 is 11.4 Å². The van der Waals surface area contributed by atoms with Gasteiger partial charge in [0.05, 0.1) is 6.10 Å². The number of ether oxygens (including phenoxy) is 2. The molecule has 0 unspecified atom stereocenters. The number of aliphatic hydroxyl groups excluding tert-OH is 1. The molecular weight excluding hydrogens is 296 g/mol. The molecule has 1 N–H and O–H groups in total. The van der Waals surface area contributed by atoms with Crippen LogP contribution in [0.3, 0.4) is 0 Å². The highest BCUT2D eigenvalue weighted by molar-refractivity contribution is 5.09. The Kier molecular flexibility index (Phi) is 4.01. The Labute approximate surface area is 138 Å². The van der Waals surface area contributed by atoms with Gasteiger partial charge in [0.15, 0.2) is 11.9 Å². The highest BCUT2D eigenvalue weighted by atomic mass is 17.3. The number of hydrogen-bond acceptors (Lipinski definition) is 5. The minimum absolute atomic E-state index is 0.128. The number of fused-ring (bicyclic) bond motifs is 2. The highest BCUT2D eigenvalue weighted by Gasteiger charge is 2.69. The van der Waals surface area contributed by atoms with Crippen LogP contribution in [0.4, 0.5) is 0 Å². The quantitative estimate of drug-likeness (QED) is 0.808. The second-order valence-corrected chi connectivity index (χ2v) is 8.31. The van der Waals surface area contributed by atoms with Crippen molar-refractivity contribution in [3.8, 4) is 0 Å². The van der Waals surface area contributed by atoms with E-state index in [9.17, 15) is 5.11 Å². The maximum Gasteiger partial charge on any atom is 0.201 e. The molecule has 5 fully saturated rings. The van der Waals surface area contributed by atoms with Crippen LogP contribution in [0.5, 0.6) is 0 Å². The van der Waals surface area contributed by atoms with Gasteiger partial charge in [-0.25, -0.2) is 9.78 Å². The van der Waals surface area contributed by atoms with E-state index in [4.69, 9.17) is 19.2 Å². The van der Waals surface area contributed by atoms with Crippen LogP contribution in [0, 0.1) is 23.7 Å². The lowest BCUT2D eigenvalue weighted by molar-refractivity contribution is -0.571. The van der Waals surface area contributed by atoms with Crippen molar-refractivity contribution in [1.29, 1.82) is 0 Å². The molecule has 1 aliphatic carbocycles. The Morgan fingerprint density at radius 3 is 2.70 bits per heavy atom. The first-order valence-electron chi connectivity index (χ1n) is 9.31. The molecule has 1 spiro atoms. The summed E-state index contributed by atoms with van der Waals surface area (Å²) in [4.78, 5) is 11.9. The molecule has 0 aromatic rings. The molecule has 8 atom stereocenters. The van der Waals surface area contributed by atoms with E-state index in [1.807, 2.05) is 6.92 Å². The first kappa shape index (κ1) is 16.3. The summed E-state index contributed by atoms with van der Waals surface area (Å²) in [6, 6.07) is 0. The summed E-state index contributed by atoms with van der Waals surface area (Å²) in [5.74, 6) is 1.12. The summed E-state index contributed by atoms with van der Waals surface area (Å²) in [5, 5.41) is 9.19. The third kappa shape index (κ3) is 2.31. The van der Waals surface area contributed by atoms with Gasteiger partial charge in [-0.1, -0.05) is 13.8 Å². The van der Waals surface area contributed by atoms with Crippen LogP contribution in [0.25, 0.3) is 0 Å². The lowest BCUT2D eigenvalue weighted by atomic mass is 9.57. The van der Waals surface area contributed by atoms with Gasteiger partial charge in [0, 0.05) is 18.9 Å². The van der Waals surface area contributed by atoms with Gasteiger partial charge >= 0.3 is 0 Å². The molecule has 5 nitrogen and oxygen atoms in total. The van der Waals surface area contributed by atoms with Crippen molar-refractivity contribution in [2.75, 3.05) is 6.61 Å². The predicted molar refractivity (Wildman–Crippen MR) is 83.1 cm³/mol. The van der Waals surface area contributed by atoms with E-state index in [0.29, 0.717) is 23.7 Å². The third-order valence-corrected chi connectivity index (χ3v) is 6.94. The highest BCUT2D eigenvalue weighted by Crippen LogP contribution is 2.60. The molecule has 5 rings (SSSR count). The minimum Gasteiger partial charge on any atom is -0.396 e. The van der Waals surface area contributed by atoms with Crippen molar-refractivity contribution in [1.82, 2.24) is 0 Å². The van der Waals surface area contributed by atoms with Crippen molar-refractivity contribution in [3.05, 3.63) is 0 Å². The largest absolute Gasteiger partial charge is 0.396 e. The normalized spacial score (nSPS) is 55.3. The van der Waals surface area contributed by atoms with Crippen molar-refractivity contribution in [2.45, 2.75) is 83.1 Å². The van der Waals surface area contributed by atoms with Gasteiger partial charge in [0.25, 0.3) is 0 Å². The lowest BCUT2D eigenvalue weighted by Gasteiger charge is -2.60. The van der Waals surface area contributed by atoms with Gasteiger partial charge in [-0.15, -0.1) is 0 Å². The van der Waals surface area contributed by atoms with E-state index >= 15 is 0 Å². The van der Waals surface area contributed by atoms with E-state index in [1.54, 1.807) is 0 Å². The lowest BCUT2D eigenvalue weighted by Crippen LogP contribution is -2.70. The standard InChI is InChI=1S/C18H30O5/c1-11-6-7-14-12(2)15(5-4-10-19)20-16-18(14)13(11)8-9-17(3,21-16)22-23-18/h11-16,19H,4-10H2,1-3H3/t11-,12-,13+,14+,15-,16-,17-,18-/m1/s1. The first-order valence-corrected chi connectivity index (χ1v) is 9.31. The van der Waals surface area contributed by atoms with E-state index in [0.717, 1.165) is 32.1 Å². The van der Waals surface area contributed by atoms with E-state index in [2.05, 4.69) is 13.8 Å². The fourth-order valence-corrected chi connectivity index (χ4v) is 5.60. The maximum absolute atomic E-state index is 9.19. The molecule has 4 saturated heterocycles.